The van der Waals surface area contributed by atoms with Crippen molar-refractivity contribution in [2.24, 2.45) is 0 Å². The molecule has 0 aliphatic rings. The second kappa shape index (κ2) is 6.19. The molecule has 1 aromatic heterocycles. The van der Waals surface area contributed by atoms with Gasteiger partial charge in [-0.2, -0.15) is 0 Å². The molecule has 0 bridgehead atoms. The fraction of sp³-hybridized carbons (Fsp3) is 0.125. The molecule has 1 heterocycles. The van der Waals surface area contributed by atoms with Crippen molar-refractivity contribution in [2.75, 3.05) is 6.54 Å². The van der Waals surface area contributed by atoms with Gasteiger partial charge in [0.2, 0.25) is 0 Å². The van der Waals surface area contributed by atoms with Gasteiger partial charge in [0, 0.05) is 23.1 Å². The molecule has 0 spiro atoms. The number of rotatable bonds is 4. The zero-order valence-corrected chi connectivity index (χ0v) is 13.3. The van der Waals surface area contributed by atoms with E-state index in [4.69, 9.17) is 0 Å². The van der Waals surface area contributed by atoms with Gasteiger partial charge in [-0.15, -0.1) is 0 Å². The Morgan fingerprint density at radius 3 is 2.82 bits per heavy atom. The molecule has 112 valence electrons. The molecule has 0 saturated carbocycles. The molecular formula is C16H14BrN3O2. The number of nitrogens with one attached hydrogen (secondary N) is 2. The van der Waals surface area contributed by atoms with Gasteiger partial charge in [-0.05, 0) is 30.3 Å². The van der Waals surface area contributed by atoms with Crippen LogP contribution in [0.3, 0.4) is 0 Å². The molecule has 22 heavy (non-hydrogen) atoms. The molecule has 0 unspecified atom stereocenters. The topological polar surface area (TPSA) is 66.9 Å². The third-order valence-corrected chi connectivity index (χ3v) is 3.88. The SMILES string of the molecule is O=C(NCCn1c(=O)[nH]c2ccccc21)c1cccc(Br)c1. The smallest absolute Gasteiger partial charge is 0.326 e. The van der Waals surface area contributed by atoms with Gasteiger partial charge < -0.3 is 10.3 Å². The van der Waals surface area contributed by atoms with E-state index in [1.807, 2.05) is 36.4 Å². The monoisotopic (exact) mass is 359 g/mol. The van der Waals surface area contributed by atoms with Crippen LogP contribution in [0.15, 0.2) is 57.8 Å². The molecule has 3 aromatic rings. The van der Waals surface area contributed by atoms with E-state index in [1.54, 1.807) is 16.7 Å². The molecule has 0 aliphatic carbocycles. The Labute approximate surface area is 135 Å². The van der Waals surface area contributed by atoms with Crippen LogP contribution in [-0.4, -0.2) is 22.0 Å². The van der Waals surface area contributed by atoms with Crippen LogP contribution in [-0.2, 0) is 6.54 Å². The number of carbonyl (C=O) groups is 1. The van der Waals surface area contributed by atoms with Crippen LogP contribution < -0.4 is 11.0 Å². The molecule has 0 aliphatic heterocycles. The summed E-state index contributed by atoms with van der Waals surface area (Å²) in [5, 5.41) is 2.82. The van der Waals surface area contributed by atoms with E-state index in [9.17, 15) is 9.59 Å². The van der Waals surface area contributed by atoms with E-state index in [1.165, 1.54) is 0 Å². The standard InChI is InChI=1S/C16H14BrN3O2/c17-12-5-3-4-11(10-12)15(21)18-8-9-20-14-7-2-1-6-13(14)19-16(20)22/h1-7,10H,8-9H2,(H,18,21)(H,19,22). The van der Waals surface area contributed by atoms with E-state index in [2.05, 4.69) is 26.2 Å². The van der Waals surface area contributed by atoms with Gasteiger partial charge in [0.1, 0.15) is 0 Å². The Morgan fingerprint density at radius 2 is 2.00 bits per heavy atom. The second-order valence-corrected chi connectivity index (χ2v) is 5.78. The molecular weight excluding hydrogens is 346 g/mol. The highest BCUT2D eigenvalue weighted by Gasteiger charge is 2.08. The van der Waals surface area contributed by atoms with Crippen molar-refractivity contribution in [1.29, 1.82) is 0 Å². The van der Waals surface area contributed by atoms with E-state index in [-0.39, 0.29) is 11.6 Å². The molecule has 1 amide bonds. The van der Waals surface area contributed by atoms with Crippen molar-refractivity contribution in [2.45, 2.75) is 6.54 Å². The van der Waals surface area contributed by atoms with Gasteiger partial charge in [-0.3, -0.25) is 9.36 Å². The van der Waals surface area contributed by atoms with Crippen LogP contribution in [0.1, 0.15) is 10.4 Å². The summed E-state index contributed by atoms with van der Waals surface area (Å²) >= 11 is 3.34. The van der Waals surface area contributed by atoms with Crippen LogP contribution in [0.2, 0.25) is 0 Å². The van der Waals surface area contributed by atoms with E-state index in [0.29, 0.717) is 18.7 Å². The summed E-state index contributed by atoms with van der Waals surface area (Å²) in [6.45, 7) is 0.801. The van der Waals surface area contributed by atoms with Crippen molar-refractivity contribution in [3.05, 3.63) is 69.1 Å². The van der Waals surface area contributed by atoms with Crippen molar-refractivity contribution >= 4 is 32.9 Å². The normalized spacial score (nSPS) is 10.8. The number of aromatic nitrogens is 2. The number of hydrogen-bond donors (Lipinski definition) is 2. The summed E-state index contributed by atoms with van der Waals surface area (Å²) in [4.78, 5) is 26.8. The third-order valence-electron chi connectivity index (χ3n) is 3.39. The van der Waals surface area contributed by atoms with Crippen molar-refractivity contribution < 1.29 is 4.79 Å². The summed E-state index contributed by atoms with van der Waals surface area (Å²) in [6.07, 6.45) is 0. The lowest BCUT2D eigenvalue weighted by Crippen LogP contribution is -2.30. The fourth-order valence-electron chi connectivity index (χ4n) is 2.34. The van der Waals surface area contributed by atoms with Crippen molar-refractivity contribution in [3.8, 4) is 0 Å². The zero-order valence-electron chi connectivity index (χ0n) is 11.7. The minimum Gasteiger partial charge on any atom is -0.350 e. The summed E-state index contributed by atoms with van der Waals surface area (Å²) in [6, 6.07) is 14.7. The number of fused-ring (bicyclic) bond motifs is 1. The number of halogens is 1. The highest BCUT2D eigenvalue weighted by Crippen LogP contribution is 2.11. The number of hydrogen-bond acceptors (Lipinski definition) is 2. The summed E-state index contributed by atoms with van der Waals surface area (Å²) in [5.74, 6) is -0.158. The lowest BCUT2D eigenvalue weighted by molar-refractivity contribution is 0.0952. The van der Waals surface area contributed by atoms with Gasteiger partial charge in [0.15, 0.2) is 0 Å². The first-order valence-electron chi connectivity index (χ1n) is 6.86. The number of para-hydroxylation sites is 2. The molecule has 0 saturated heterocycles. The van der Waals surface area contributed by atoms with Gasteiger partial charge >= 0.3 is 5.69 Å². The Bertz CT molecular complexity index is 882. The van der Waals surface area contributed by atoms with Gasteiger partial charge in [0.05, 0.1) is 11.0 Å². The average Bonchev–Trinajstić information content (AvgIpc) is 2.83. The molecule has 3 rings (SSSR count). The van der Waals surface area contributed by atoms with E-state index in [0.717, 1.165) is 15.5 Å². The Hall–Kier alpha value is -2.34. The minimum atomic E-state index is -0.169. The summed E-state index contributed by atoms with van der Waals surface area (Å²) in [7, 11) is 0. The molecule has 0 fully saturated rings. The lowest BCUT2D eigenvalue weighted by Gasteiger charge is -2.06. The highest BCUT2D eigenvalue weighted by atomic mass is 79.9. The molecule has 0 radical (unpaired) electrons. The van der Waals surface area contributed by atoms with Crippen LogP contribution >= 0.6 is 15.9 Å². The summed E-state index contributed by atoms with van der Waals surface area (Å²) < 4.78 is 2.48. The Kier molecular flexibility index (Phi) is 4.11. The molecule has 0 atom stereocenters. The van der Waals surface area contributed by atoms with Gasteiger partial charge in [0.25, 0.3) is 5.91 Å². The number of amides is 1. The first kappa shape index (κ1) is 14.6. The Morgan fingerprint density at radius 1 is 1.18 bits per heavy atom. The zero-order chi connectivity index (χ0) is 15.5. The molecule has 2 N–H and O–H groups in total. The number of nitrogens with zero attached hydrogens (tertiary/aromatic N) is 1. The predicted octanol–water partition coefficient (Wildman–Crippen LogP) is 2.52. The number of imidazole rings is 1. The maximum atomic E-state index is 12.0. The van der Waals surface area contributed by atoms with E-state index >= 15 is 0 Å². The fourth-order valence-corrected chi connectivity index (χ4v) is 2.74. The number of H-pyrrole nitrogens is 1. The molecule has 2 aromatic carbocycles. The van der Waals surface area contributed by atoms with Crippen LogP contribution in [0.5, 0.6) is 0 Å². The largest absolute Gasteiger partial charge is 0.350 e. The first-order valence-corrected chi connectivity index (χ1v) is 7.66. The quantitative estimate of drug-likeness (QED) is 0.751. The van der Waals surface area contributed by atoms with Crippen LogP contribution in [0.25, 0.3) is 11.0 Å². The minimum absolute atomic E-state index is 0.158. The second-order valence-electron chi connectivity index (χ2n) is 4.87. The molecule has 6 heteroatoms. The highest BCUT2D eigenvalue weighted by molar-refractivity contribution is 9.10. The molecule has 5 nitrogen and oxygen atoms in total. The van der Waals surface area contributed by atoms with Crippen molar-refractivity contribution in [1.82, 2.24) is 14.9 Å². The maximum absolute atomic E-state index is 12.0. The maximum Gasteiger partial charge on any atom is 0.326 e. The number of carbonyl (C=O) groups excluding carboxylic acids is 1. The van der Waals surface area contributed by atoms with Crippen molar-refractivity contribution in [3.63, 3.8) is 0 Å². The summed E-state index contributed by atoms with van der Waals surface area (Å²) in [5.41, 5.74) is 2.05. The van der Waals surface area contributed by atoms with E-state index < -0.39 is 0 Å². The third kappa shape index (κ3) is 2.96. The average molecular weight is 360 g/mol. The predicted molar refractivity (Wildman–Crippen MR) is 89.0 cm³/mol. The lowest BCUT2D eigenvalue weighted by atomic mass is 10.2. The van der Waals surface area contributed by atoms with Crippen LogP contribution in [0, 0.1) is 0 Å². The van der Waals surface area contributed by atoms with Gasteiger partial charge in [-0.1, -0.05) is 34.1 Å². The number of aromatic amines is 1. The first-order chi connectivity index (χ1) is 10.6. The Balaban J connectivity index is 1.69. The van der Waals surface area contributed by atoms with Gasteiger partial charge in [-0.25, -0.2) is 4.79 Å². The number of benzene rings is 2. The van der Waals surface area contributed by atoms with Crippen LogP contribution in [0.4, 0.5) is 0 Å².